The Labute approximate surface area is 129 Å². The fraction of sp³-hybridized carbons (Fsp3) is 0.571. The van der Waals surface area contributed by atoms with Gasteiger partial charge in [0.05, 0.1) is 0 Å². The van der Waals surface area contributed by atoms with Crippen LogP contribution in [0.5, 0.6) is 5.88 Å². The smallest absolute Gasteiger partial charge is 0.388 e. The highest BCUT2D eigenvalue weighted by atomic mass is 19.3. The molecule has 3 rings (SSSR count). The van der Waals surface area contributed by atoms with Crippen molar-refractivity contribution in [1.29, 1.82) is 0 Å². The van der Waals surface area contributed by atoms with Crippen molar-refractivity contribution in [3.8, 4) is 5.88 Å². The molecule has 1 aromatic rings. The number of rotatable bonds is 5. The van der Waals surface area contributed by atoms with Crippen LogP contribution >= 0.6 is 0 Å². The zero-order valence-corrected chi connectivity index (χ0v) is 11.9. The number of fused-ring (bicyclic) bond motifs is 1. The monoisotopic (exact) mass is 333 g/mol. The molecule has 0 radical (unpaired) electrons. The van der Waals surface area contributed by atoms with Gasteiger partial charge in [0, 0.05) is 36.7 Å². The summed E-state index contributed by atoms with van der Waals surface area (Å²) in [5.74, 6) is -4.02. The molecule has 1 aromatic heterocycles. The number of carbonyl (C=O) groups excluding carboxylic acids is 1. The van der Waals surface area contributed by atoms with Gasteiger partial charge in [-0.3, -0.25) is 0 Å². The van der Waals surface area contributed by atoms with Crippen LogP contribution in [0.1, 0.15) is 18.4 Å². The van der Waals surface area contributed by atoms with Gasteiger partial charge >= 0.3 is 12.6 Å². The first-order valence-electron chi connectivity index (χ1n) is 7.18. The number of alkyl halides is 4. The van der Waals surface area contributed by atoms with E-state index in [1.807, 2.05) is 0 Å². The number of urea groups is 1. The van der Waals surface area contributed by atoms with E-state index in [1.165, 1.54) is 12.3 Å². The molecule has 2 aliphatic rings. The number of hydrogen-bond acceptors (Lipinski definition) is 3. The second-order valence-corrected chi connectivity index (χ2v) is 5.76. The number of carbonyl (C=O) groups is 1. The molecule has 2 aliphatic carbocycles. The molecule has 5 nitrogen and oxygen atoms in total. The van der Waals surface area contributed by atoms with E-state index in [9.17, 15) is 22.4 Å². The predicted molar refractivity (Wildman–Crippen MR) is 71.2 cm³/mol. The minimum atomic E-state index is -2.97. The van der Waals surface area contributed by atoms with Crippen molar-refractivity contribution in [2.75, 3.05) is 0 Å². The fourth-order valence-corrected chi connectivity index (χ4v) is 3.07. The van der Waals surface area contributed by atoms with Gasteiger partial charge in [0.1, 0.15) is 0 Å². The zero-order valence-electron chi connectivity index (χ0n) is 11.9. The molecule has 9 heteroatoms. The van der Waals surface area contributed by atoms with Crippen molar-refractivity contribution >= 4 is 6.03 Å². The first-order chi connectivity index (χ1) is 10.9. The lowest BCUT2D eigenvalue weighted by Crippen LogP contribution is -2.41. The third kappa shape index (κ3) is 3.48. The molecule has 1 heterocycles. The van der Waals surface area contributed by atoms with Gasteiger partial charge in [-0.15, -0.1) is 0 Å². The average molecular weight is 333 g/mol. The molecule has 126 valence electrons. The molecule has 3 atom stereocenters. The summed E-state index contributed by atoms with van der Waals surface area (Å²) in [6.45, 7) is -2.88. The summed E-state index contributed by atoms with van der Waals surface area (Å²) in [6, 6.07) is 2.11. The Morgan fingerprint density at radius 2 is 2.09 bits per heavy atom. The number of pyridine rings is 1. The number of halogens is 4. The molecule has 23 heavy (non-hydrogen) atoms. The maximum absolute atomic E-state index is 13.1. The number of ether oxygens (including phenoxy) is 1. The van der Waals surface area contributed by atoms with Gasteiger partial charge in [-0.2, -0.15) is 8.78 Å². The van der Waals surface area contributed by atoms with Crippen molar-refractivity contribution in [2.24, 2.45) is 11.8 Å². The number of hydrogen-bond donors (Lipinski definition) is 2. The van der Waals surface area contributed by atoms with Crippen molar-refractivity contribution in [3.05, 3.63) is 23.9 Å². The molecule has 2 N–H and O–H groups in total. The van der Waals surface area contributed by atoms with E-state index >= 15 is 0 Å². The highest BCUT2D eigenvalue weighted by molar-refractivity contribution is 5.74. The summed E-state index contributed by atoms with van der Waals surface area (Å²) in [6.07, 6.45) is 1.86. The fourth-order valence-electron chi connectivity index (χ4n) is 3.07. The topological polar surface area (TPSA) is 63.2 Å². The first-order valence-corrected chi connectivity index (χ1v) is 7.18. The van der Waals surface area contributed by atoms with Crippen LogP contribution in [0.15, 0.2) is 18.3 Å². The number of amides is 2. The van der Waals surface area contributed by atoms with Gasteiger partial charge in [0.25, 0.3) is 5.92 Å². The quantitative estimate of drug-likeness (QED) is 0.814. The summed E-state index contributed by atoms with van der Waals surface area (Å²) in [7, 11) is 0. The molecular weight excluding hydrogens is 318 g/mol. The molecule has 0 spiro atoms. The lowest BCUT2D eigenvalue weighted by Gasteiger charge is -2.16. The van der Waals surface area contributed by atoms with Crippen LogP contribution in [0.2, 0.25) is 0 Å². The predicted octanol–water partition coefficient (Wildman–Crippen LogP) is 2.53. The number of nitrogens with one attached hydrogen (secondary N) is 2. The van der Waals surface area contributed by atoms with Gasteiger partial charge in [-0.05, 0) is 24.5 Å². The molecule has 0 saturated heterocycles. The molecular formula is C14H15F4N3O2. The van der Waals surface area contributed by atoms with E-state index in [-0.39, 0.29) is 31.3 Å². The van der Waals surface area contributed by atoms with Gasteiger partial charge in [-0.25, -0.2) is 18.6 Å². The number of nitrogens with zero attached hydrogens (tertiary/aromatic N) is 1. The zero-order chi connectivity index (χ0) is 16.6. The summed E-state index contributed by atoms with van der Waals surface area (Å²) in [5.41, 5.74) is 0.534. The Hall–Kier alpha value is -2.06. The largest absolute Gasteiger partial charge is 0.417 e. The maximum Gasteiger partial charge on any atom is 0.388 e. The lowest BCUT2D eigenvalue weighted by atomic mass is 10.1. The van der Waals surface area contributed by atoms with E-state index in [0.717, 1.165) is 0 Å². The van der Waals surface area contributed by atoms with Crippen LogP contribution in [0, 0.1) is 11.8 Å². The first kappa shape index (κ1) is 15.8. The van der Waals surface area contributed by atoms with Gasteiger partial charge in [0.2, 0.25) is 5.88 Å². The van der Waals surface area contributed by atoms with Crippen molar-refractivity contribution in [2.45, 2.75) is 38.0 Å². The molecule has 2 unspecified atom stereocenters. The Morgan fingerprint density at radius 1 is 1.39 bits per heavy atom. The molecule has 0 bridgehead atoms. The Bertz CT molecular complexity index is 585. The SMILES string of the molecule is O=C(NCc1ccnc(OC(F)F)c1)NC1CC2[C@H](C1)C2(F)F. The molecule has 2 fully saturated rings. The van der Waals surface area contributed by atoms with E-state index < -0.39 is 30.4 Å². The Kier molecular flexibility index (Phi) is 4.03. The van der Waals surface area contributed by atoms with Gasteiger partial charge in [0.15, 0.2) is 0 Å². The second-order valence-electron chi connectivity index (χ2n) is 5.76. The Balaban J connectivity index is 1.43. The van der Waals surface area contributed by atoms with E-state index in [4.69, 9.17) is 0 Å². The van der Waals surface area contributed by atoms with Crippen molar-refractivity contribution in [1.82, 2.24) is 15.6 Å². The second kappa shape index (κ2) is 5.86. The molecule has 0 aliphatic heterocycles. The standard InChI is InChI=1S/C14H15F4N3O2/c15-12(16)23-11-3-7(1-2-19-11)6-20-13(22)21-8-4-9-10(5-8)14(9,17)18/h1-3,8-10,12H,4-6H2,(H2,20,21,22)/t8?,9-,10?/m0/s1. The van der Waals surface area contributed by atoms with Crippen LogP contribution < -0.4 is 15.4 Å². The van der Waals surface area contributed by atoms with Crippen LogP contribution in [-0.4, -0.2) is 29.6 Å². The Morgan fingerprint density at radius 3 is 2.74 bits per heavy atom. The molecule has 2 amide bonds. The van der Waals surface area contributed by atoms with Crippen molar-refractivity contribution < 1.29 is 27.1 Å². The normalized spacial score (nSPS) is 27.4. The van der Waals surface area contributed by atoms with E-state index in [2.05, 4.69) is 20.4 Å². The van der Waals surface area contributed by atoms with Crippen LogP contribution in [-0.2, 0) is 6.54 Å². The number of aromatic nitrogens is 1. The summed E-state index contributed by atoms with van der Waals surface area (Å²) < 4.78 is 54.4. The van der Waals surface area contributed by atoms with Crippen molar-refractivity contribution in [3.63, 3.8) is 0 Å². The summed E-state index contributed by atoms with van der Waals surface area (Å²) in [4.78, 5) is 15.4. The third-order valence-corrected chi connectivity index (χ3v) is 4.24. The lowest BCUT2D eigenvalue weighted by molar-refractivity contribution is -0.0529. The minimum absolute atomic E-state index is 0.0870. The van der Waals surface area contributed by atoms with Crippen LogP contribution in [0.25, 0.3) is 0 Å². The molecule has 2 saturated carbocycles. The van der Waals surface area contributed by atoms with Gasteiger partial charge in [-0.1, -0.05) is 0 Å². The summed E-state index contributed by atoms with van der Waals surface area (Å²) >= 11 is 0. The summed E-state index contributed by atoms with van der Waals surface area (Å²) in [5, 5.41) is 5.19. The highest BCUT2D eigenvalue weighted by Gasteiger charge is 2.71. The average Bonchev–Trinajstić information content (AvgIpc) is 2.84. The van der Waals surface area contributed by atoms with E-state index in [1.54, 1.807) is 6.07 Å². The highest BCUT2D eigenvalue weighted by Crippen LogP contribution is 2.63. The molecule has 0 aromatic carbocycles. The van der Waals surface area contributed by atoms with E-state index in [0.29, 0.717) is 5.56 Å². The third-order valence-electron chi connectivity index (χ3n) is 4.24. The van der Waals surface area contributed by atoms with Crippen LogP contribution in [0.3, 0.4) is 0 Å². The minimum Gasteiger partial charge on any atom is -0.417 e. The van der Waals surface area contributed by atoms with Gasteiger partial charge < -0.3 is 15.4 Å². The van der Waals surface area contributed by atoms with Crippen LogP contribution in [0.4, 0.5) is 22.4 Å². The maximum atomic E-state index is 13.1.